The molecule has 0 saturated carbocycles. The Labute approximate surface area is 209 Å². The number of benzene rings is 2. The number of carbonyl (C=O) groups is 1. The molecule has 0 saturated heterocycles. The van der Waals surface area contributed by atoms with Crippen molar-refractivity contribution < 1.29 is 4.79 Å². The van der Waals surface area contributed by atoms with Gasteiger partial charge < -0.3 is 16.0 Å². The number of fused-ring (bicyclic) bond motifs is 1. The molecule has 4 N–H and O–H groups in total. The maximum absolute atomic E-state index is 12.6. The van der Waals surface area contributed by atoms with Crippen LogP contribution < -0.4 is 16.4 Å². The number of rotatable bonds is 8. The third-order valence-corrected chi connectivity index (χ3v) is 6.03. The molecule has 0 fully saturated rings. The summed E-state index contributed by atoms with van der Waals surface area (Å²) in [5.41, 5.74) is 9.67. The van der Waals surface area contributed by atoms with Crippen molar-refractivity contribution in [2.45, 2.75) is 13.8 Å². The molecule has 0 atom stereocenters. The van der Waals surface area contributed by atoms with Crippen LogP contribution in [0.5, 0.6) is 0 Å². The fourth-order valence-corrected chi connectivity index (χ4v) is 4.12. The summed E-state index contributed by atoms with van der Waals surface area (Å²) in [6.07, 6.45) is 1.70. The highest BCUT2D eigenvalue weighted by Gasteiger charge is 2.18. The highest BCUT2D eigenvalue weighted by atomic mass is 35.5. The molecule has 0 aliphatic carbocycles. The Morgan fingerprint density at radius 1 is 1.00 bits per heavy atom. The SMILES string of the molecule is CCN(CC)CCNC(=O)Nc1nc(-c2cc(Cl)c3ncccc3c2)c(-c2ccccc2)nc1N. The molecule has 2 aromatic carbocycles. The molecule has 0 radical (unpaired) electrons. The van der Waals surface area contributed by atoms with Crippen LogP contribution in [0.3, 0.4) is 0 Å². The minimum Gasteiger partial charge on any atom is -0.381 e. The lowest BCUT2D eigenvalue weighted by atomic mass is 10.0. The molecule has 8 nitrogen and oxygen atoms in total. The van der Waals surface area contributed by atoms with Crippen LogP contribution >= 0.6 is 11.6 Å². The first kappa shape index (κ1) is 24.4. The van der Waals surface area contributed by atoms with Gasteiger partial charge in [-0.15, -0.1) is 0 Å². The van der Waals surface area contributed by atoms with Crippen molar-refractivity contribution in [3.63, 3.8) is 0 Å². The molecule has 0 aliphatic heterocycles. The number of halogens is 1. The molecule has 4 rings (SSSR count). The number of likely N-dealkylation sites (N-methyl/N-ethyl adjacent to an activating group) is 1. The van der Waals surface area contributed by atoms with E-state index in [-0.39, 0.29) is 11.6 Å². The van der Waals surface area contributed by atoms with Crippen LogP contribution in [0.1, 0.15) is 13.8 Å². The average Bonchev–Trinajstić information content (AvgIpc) is 2.88. The van der Waals surface area contributed by atoms with Gasteiger partial charge in [-0.2, -0.15) is 0 Å². The molecule has 180 valence electrons. The van der Waals surface area contributed by atoms with Crippen molar-refractivity contribution >= 4 is 40.2 Å². The van der Waals surface area contributed by atoms with E-state index in [2.05, 4.69) is 39.3 Å². The van der Waals surface area contributed by atoms with Crippen molar-refractivity contribution in [1.82, 2.24) is 25.2 Å². The molecule has 0 spiro atoms. The number of nitrogen functional groups attached to an aromatic ring is 1. The number of nitrogens with one attached hydrogen (secondary N) is 2. The number of amides is 2. The number of carbonyl (C=O) groups excluding carboxylic acids is 1. The molecular weight excluding hydrogens is 462 g/mol. The number of hydrogen-bond donors (Lipinski definition) is 3. The van der Waals surface area contributed by atoms with Crippen molar-refractivity contribution in [3.05, 3.63) is 65.8 Å². The van der Waals surface area contributed by atoms with E-state index in [0.717, 1.165) is 36.1 Å². The van der Waals surface area contributed by atoms with Gasteiger partial charge in [-0.25, -0.2) is 14.8 Å². The van der Waals surface area contributed by atoms with Crippen molar-refractivity contribution in [2.75, 3.05) is 37.2 Å². The fraction of sp³-hybridized carbons (Fsp3) is 0.231. The topological polar surface area (TPSA) is 109 Å². The number of nitrogens with two attached hydrogens (primary N) is 1. The third kappa shape index (κ3) is 5.67. The highest BCUT2D eigenvalue weighted by molar-refractivity contribution is 6.35. The highest BCUT2D eigenvalue weighted by Crippen LogP contribution is 2.35. The summed E-state index contributed by atoms with van der Waals surface area (Å²) in [4.78, 5) is 28.5. The molecule has 2 heterocycles. The fourth-order valence-electron chi connectivity index (χ4n) is 3.84. The van der Waals surface area contributed by atoms with E-state index in [0.29, 0.717) is 28.5 Å². The van der Waals surface area contributed by atoms with Gasteiger partial charge in [0.2, 0.25) is 0 Å². The number of hydrogen-bond acceptors (Lipinski definition) is 6. The maximum atomic E-state index is 12.6. The number of nitrogens with zero attached hydrogens (tertiary/aromatic N) is 4. The summed E-state index contributed by atoms with van der Waals surface area (Å²) in [7, 11) is 0. The third-order valence-electron chi connectivity index (χ3n) is 5.74. The number of aromatic nitrogens is 3. The van der Waals surface area contributed by atoms with Crippen LogP contribution in [-0.4, -0.2) is 52.1 Å². The largest absolute Gasteiger partial charge is 0.381 e. The summed E-state index contributed by atoms with van der Waals surface area (Å²) in [5, 5.41) is 6.97. The van der Waals surface area contributed by atoms with E-state index in [1.54, 1.807) is 12.3 Å². The lowest BCUT2D eigenvalue weighted by molar-refractivity contribution is 0.247. The van der Waals surface area contributed by atoms with Crippen LogP contribution in [0, 0.1) is 0 Å². The van der Waals surface area contributed by atoms with Gasteiger partial charge in [0.1, 0.15) is 0 Å². The Morgan fingerprint density at radius 3 is 2.49 bits per heavy atom. The first-order valence-electron chi connectivity index (χ1n) is 11.5. The van der Waals surface area contributed by atoms with Crippen LogP contribution in [-0.2, 0) is 0 Å². The first-order valence-corrected chi connectivity index (χ1v) is 11.9. The minimum atomic E-state index is -0.391. The van der Waals surface area contributed by atoms with Crippen molar-refractivity contribution in [1.29, 1.82) is 0 Å². The molecule has 0 aliphatic rings. The Morgan fingerprint density at radius 2 is 1.74 bits per heavy atom. The van der Waals surface area contributed by atoms with Gasteiger partial charge in [0.05, 0.1) is 21.9 Å². The predicted molar refractivity (Wildman–Crippen MR) is 142 cm³/mol. The molecule has 2 aromatic heterocycles. The minimum absolute atomic E-state index is 0.125. The lowest BCUT2D eigenvalue weighted by Gasteiger charge is -2.18. The monoisotopic (exact) mass is 489 g/mol. The van der Waals surface area contributed by atoms with Crippen LogP contribution in [0.15, 0.2) is 60.8 Å². The van der Waals surface area contributed by atoms with E-state index < -0.39 is 6.03 Å². The first-order chi connectivity index (χ1) is 17.0. The molecule has 0 bridgehead atoms. The van der Waals surface area contributed by atoms with Gasteiger partial charge in [-0.3, -0.25) is 10.3 Å². The molecular formula is C26H28ClN7O. The van der Waals surface area contributed by atoms with E-state index in [4.69, 9.17) is 22.3 Å². The second-order valence-corrected chi connectivity index (χ2v) is 8.37. The van der Waals surface area contributed by atoms with Crippen LogP contribution in [0.4, 0.5) is 16.4 Å². The summed E-state index contributed by atoms with van der Waals surface area (Å²) < 4.78 is 0. The van der Waals surface area contributed by atoms with Crippen LogP contribution in [0.2, 0.25) is 5.02 Å². The van der Waals surface area contributed by atoms with Gasteiger partial charge in [0, 0.05) is 35.8 Å². The van der Waals surface area contributed by atoms with E-state index in [1.165, 1.54) is 0 Å². The molecule has 9 heteroatoms. The second-order valence-electron chi connectivity index (χ2n) is 7.96. The zero-order valence-electron chi connectivity index (χ0n) is 19.8. The van der Waals surface area contributed by atoms with E-state index >= 15 is 0 Å². The molecule has 4 aromatic rings. The summed E-state index contributed by atoms with van der Waals surface area (Å²) >= 11 is 6.55. The average molecular weight is 490 g/mol. The maximum Gasteiger partial charge on any atom is 0.320 e. The van der Waals surface area contributed by atoms with Crippen molar-refractivity contribution in [3.8, 4) is 22.5 Å². The van der Waals surface area contributed by atoms with Gasteiger partial charge in [0.25, 0.3) is 0 Å². The quantitative estimate of drug-likeness (QED) is 0.319. The van der Waals surface area contributed by atoms with E-state index in [1.807, 2.05) is 48.5 Å². The number of pyridine rings is 1. The standard InChI is InChI=1S/C26H28ClN7O/c1-3-34(4-2)14-13-30-26(35)33-25-24(28)31-22(17-9-6-5-7-10-17)23(32-25)19-15-18-11-8-12-29-21(18)20(27)16-19/h5-12,15-16H,3-4,13-14H2,1-2H3,(H2,28,31)(H2,30,32,33,35). The van der Waals surface area contributed by atoms with Crippen molar-refractivity contribution in [2.24, 2.45) is 0 Å². The Bertz CT molecular complexity index is 1330. The summed E-state index contributed by atoms with van der Waals surface area (Å²) in [5.74, 6) is 0.308. The van der Waals surface area contributed by atoms with E-state index in [9.17, 15) is 4.79 Å². The lowest BCUT2D eigenvalue weighted by Crippen LogP contribution is -2.37. The summed E-state index contributed by atoms with van der Waals surface area (Å²) in [6.45, 7) is 7.28. The van der Waals surface area contributed by atoms with Gasteiger partial charge in [0.15, 0.2) is 11.6 Å². The zero-order valence-corrected chi connectivity index (χ0v) is 20.5. The smallest absolute Gasteiger partial charge is 0.320 e. The van der Waals surface area contributed by atoms with Gasteiger partial charge in [-0.1, -0.05) is 61.8 Å². The molecule has 35 heavy (non-hydrogen) atoms. The molecule has 0 unspecified atom stereocenters. The Balaban J connectivity index is 1.71. The number of urea groups is 1. The predicted octanol–water partition coefficient (Wildman–Crippen LogP) is 5.06. The number of anilines is 2. The second kappa shape index (κ2) is 11.1. The Hall–Kier alpha value is -3.75. The van der Waals surface area contributed by atoms with Crippen LogP contribution in [0.25, 0.3) is 33.4 Å². The Kier molecular flexibility index (Phi) is 7.74. The normalized spacial score (nSPS) is 11.1. The zero-order chi connectivity index (χ0) is 24.8. The van der Waals surface area contributed by atoms with Gasteiger partial charge in [-0.05, 0) is 31.3 Å². The molecule has 2 amide bonds. The summed E-state index contributed by atoms with van der Waals surface area (Å²) in [6, 6.07) is 16.8. The van der Waals surface area contributed by atoms with Gasteiger partial charge >= 0.3 is 6.03 Å².